The second-order valence-electron chi connectivity index (χ2n) is 9.03. The lowest BCUT2D eigenvalue weighted by Crippen LogP contribution is -2.17. The molecule has 2 aromatic heterocycles. The summed E-state index contributed by atoms with van der Waals surface area (Å²) >= 11 is 0. The second kappa shape index (κ2) is 10.2. The average Bonchev–Trinajstić information content (AvgIpc) is 3.53. The zero-order chi connectivity index (χ0) is 25.9. The fourth-order valence-corrected chi connectivity index (χ4v) is 4.52. The zero-order valence-electron chi connectivity index (χ0n) is 20.8. The first-order valence-electron chi connectivity index (χ1n) is 12.1. The Kier molecular flexibility index (Phi) is 6.69. The minimum atomic E-state index is -0.303. The summed E-state index contributed by atoms with van der Waals surface area (Å²) in [5.41, 5.74) is 10.2. The van der Waals surface area contributed by atoms with Crippen molar-refractivity contribution in [3.63, 3.8) is 0 Å². The molecule has 1 amide bonds. The van der Waals surface area contributed by atoms with Gasteiger partial charge >= 0.3 is 0 Å². The van der Waals surface area contributed by atoms with Crippen molar-refractivity contribution in [2.45, 2.75) is 26.3 Å². The molecular formula is C26H29N9O2. The molecule has 0 aliphatic carbocycles. The van der Waals surface area contributed by atoms with Gasteiger partial charge in [-0.3, -0.25) is 14.6 Å². The van der Waals surface area contributed by atoms with E-state index in [1.54, 1.807) is 36.0 Å². The molecule has 4 aromatic rings. The Morgan fingerprint density at radius 3 is 2.49 bits per heavy atom. The lowest BCUT2D eigenvalue weighted by molar-refractivity contribution is -0.114. The Morgan fingerprint density at radius 1 is 1.08 bits per heavy atom. The van der Waals surface area contributed by atoms with Crippen LogP contribution in [-0.4, -0.2) is 33.5 Å². The van der Waals surface area contributed by atoms with Crippen LogP contribution in [0.5, 0.6) is 0 Å². The Bertz CT molecular complexity index is 1530. The summed E-state index contributed by atoms with van der Waals surface area (Å²) in [5.74, 6) is -0.0112. The number of carbonyl (C=O) groups excluding carboxylic acids is 1. The SMILES string of the molecule is CC(=O)Nc1ccc(N=Nc2ccc(N3CCCC3)cc2)cc1Nc1nc2c(c(CN)cn2C)c(=O)[nH]1. The highest BCUT2D eigenvalue weighted by molar-refractivity contribution is 5.94. The Balaban J connectivity index is 1.42. The summed E-state index contributed by atoms with van der Waals surface area (Å²) in [4.78, 5) is 34.2. The zero-order valence-corrected chi connectivity index (χ0v) is 20.8. The quantitative estimate of drug-likeness (QED) is 0.277. The van der Waals surface area contributed by atoms with Crippen molar-refractivity contribution in [2.24, 2.45) is 23.0 Å². The number of H-pyrrole nitrogens is 1. The van der Waals surface area contributed by atoms with Crippen LogP contribution in [0.4, 0.5) is 34.4 Å². The first-order chi connectivity index (χ1) is 17.9. The number of rotatable bonds is 7. The summed E-state index contributed by atoms with van der Waals surface area (Å²) in [5, 5.41) is 15.1. The fourth-order valence-electron chi connectivity index (χ4n) is 4.52. The van der Waals surface area contributed by atoms with E-state index in [9.17, 15) is 9.59 Å². The monoisotopic (exact) mass is 499 g/mol. The fraction of sp³-hybridized carbons (Fsp3) is 0.269. The number of amides is 1. The second-order valence-corrected chi connectivity index (χ2v) is 9.03. The van der Waals surface area contributed by atoms with E-state index in [-0.39, 0.29) is 24.0 Å². The molecule has 1 aliphatic heterocycles. The summed E-state index contributed by atoms with van der Waals surface area (Å²) in [6.45, 7) is 3.83. The van der Waals surface area contributed by atoms with Gasteiger partial charge < -0.3 is 25.8 Å². The Hall–Kier alpha value is -4.51. The van der Waals surface area contributed by atoms with E-state index < -0.39 is 0 Å². The summed E-state index contributed by atoms with van der Waals surface area (Å²) in [6.07, 6.45) is 4.24. The topological polar surface area (TPSA) is 146 Å². The molecule has 0 atom stereocenters. The molecule has 37 heavy (non-hydrogen) atoms. The van der Waals surface area contributed by atoms with Crippen LogP contribution in [0.25, 0.3) is 11.0 Å². The van der Waals surface area contributed by atoms with Crippen LogP contribution < -0.4 is 26.8 Å². The van der Waals surface area contributed by atoms with Crippen LogP contribution in [0.15, 0.2) is 63.7 Å². The molecule has 0 unspecified atom stereocenters. The molecule has 3 heterocycles. The number of aryl methyl sites for hydroxylation is 1. The van der Waals surface area contributed by atoms with Gasteiger partial charge in [0.2, 0.25) is 11.9 Å². The van der Waals surface area contributed by atoms with Crippen LogP contribution in [0.3, 0.4) is 0 Å². The minimum absolute atomic E-state index is 0.223. The van der Waals surface area contributed by atoms with Gasteiger partial charge in [0.1, 0.15) is 5.65 Å². The first kappa shape index (κ1) is 24.2. The molecule has 5 N–H and O–H groups in total. The predicted octanol–water partition coefficient (Wildman–Crippen LogP) is 4.44. The number of azo groups is 1. The molecule has 0 bridgehead atoms. The first-order valence-corrected chi connectivity index (χ1v) is 12.1. The standard InChI is InChI=1S/C26H29N9O2/c1-16(36)28-21-10-7-19(33-32-18-5-8-20(9-6-18)35-11-3-4-12-35)13-22(21)29-26-30-24-23(25(37)31-26)17(14-27)15-34(24)2/h5-10,13,15H,3-4,11-12,14,27H2,1-2H3,(H,28,36)(H2,29,30,31,37). The number of hydrogen-bond acceptors (Lipinski definition) is 8. The van der Waals surface area contributed by atoms with E-state index in [0.29, 0.717) is 33.7 Å². The molecule has 0 saturated carbocycles. The number of fused-ring (bicyclic) bond motifs is 1. The lowest BCUT2D eigenvalue weighted by Gasteiger charge is -2.17. The molecule has 0 radical (unpaired) electrons. The number of aromatic nitrogens is 3. The van der Waals surface area contributed by atoms with Gasteiger partial charge in [-0.2, -0.15) is 15.2 Å². The molecule has 2 aromatic carbocycles. The summed E-state index contributed by atoms with van der Waals surface area (Å²) in [7, 11) is 1.80. The van der Waals surface area contributed by atoms with Crippen LogP contribution in [-0.2, 0) is 18.4 Å². The van der Waals surface area contributed by atoms with E-state index in [1.165, 1.54) is 25.5 Å². The molecule has 1 saturated heterocycles. The maximum Gasteiger partial charge on any atom is 0.262 e. The van der Waals surface area contributed by atoms with E-state index in [2.05, 4.69) is 47.9 Å². The van der Waals surface area contributed by atoms with Gasteiger partial charge in [0.15, 0.2) is 0 Å². The largest absolute Gasteiger partial charge is 0.372 e. The van der Waals surface area contributed by atoms with Gasteiger partial charge in [-0.15, -0.1) is 0 Å². The van der Waals surface area contributed by atoms with Gasteiger partial charge in [-0.25, -0.2) is 0 Å². The van der Waals surface area contributed by atoms with Gasteiger partial charge in [-0.05, 0) is 60.9 Å². The van der Waals surface area contributed by atoms with Gasteiger partial charge in [0.05, 0.1) is 28.1 Å². The van der Waals surface area contributed by atoms with Crippen molar-refractivity contribution in [1.29, 1.82) is 0 Å². The van der Waals surface area contributed by atoms with Gasteiger partial charge in [0, 0.05) is 45.5 Å². The number of nitrogens with two attached hydrogens (primary N) is 1. The van der Waals surface area contributed by atoms with Crippen LogP contribution in [0.2, 0.25) is 0 Å². The van der Waals surface area contributed by atoms with Crippen molar-refractivity contribution in [3.05, 3.63) is 64.6 Å². The summed E-state index contributed by atoms with van der Waals surface area (Å²) in [6, 6.07) is 13.2. The Labute approximate surface area is 213 Å². The van der Waals surface area contributed by atoms with Crippen molar-refractivity contribution < 1.29 is 4.79 Å². The van der Waals surface area contributed by atoms with Crippen molar-refractivity contribution in [1.82, 2.24) is 14.5 Å². The number of hydrogen-bond donors (Lipinski definition) is 4. The predicted molar refractivity (Wildman–Crippen MR) is 145 cm³/mol. The molecule has 1 aliphatic rings. The van der Waals surface area contributed by atoms with Gasteiger partial charge in [0.25, 0.3) is 5.56 Å². The highest BCUT2D eigenvalue weighted by Crippen LogP contribution is 2.31. The highest BCUT2D eigenvalue weighted by atomic mass is 16.1. The van der Waals surface area contributed by atoms with Crippen LogP contribution in [0.1, 0.15) is 25.3 Å². The number of benzene rings is 2. The minimum Gasteiger partial charge on any atom is -0.372 e. The molecule has 5 rings (SSSR count). The van der Waals surface area contributed by atoms with E-state index in [1.807, 2.05) is 12.1 Å². The normalized spacial score (nSPS) is 13.5. The Morgan fingerprint density at radius 2 is 1.78 bits per heavy atom. The molecule has 11 heteroatoms. The number of carbonyl (C=O) groups is 1. The number of aromatic amines is 1. The number of anilines is 4. The van der Waals surface area contributed by atoms with Crippen molar-refractivity contribution >= 4 is 51.3 Å². The highest BCUT2D eigenvalue weighted by Gasteiger charge is 2.15. The van der Waals surface area contributed by atoms with E-state index in [4.69, 9.17) is 5.73 Å². The third-order valence-corrected chi connectivity index (χ3v) is 6.29. The molecule has 1 fully saturated rings. The molecule has 11 nitrogen and oxygen atoms in total. The van der Waals surface area contributed by atoms with Crippen LogP contribution >= 0.6 is 0 Å². The van der Waals surface area contributed by atoms with Gasteiger partial charge in [-0.1, -0.05) is 0 Å². The number of nitrogens with zero attached hydrogens (tertiary/aromatic N) is 5. The summed E-state index contributed by atoms with van der Waals surface area (Å²) < 4.78 is 1.76. The third-order valence-electron chi connectivity index (χ3n) is 6.29. The lowest BCUT2D eigenvalue weighted by atomic mass is 10.2. The number of nitrogens with one attached hydrogen (secondary N) is 3. The van der Waals surface area contributed by atoms with Crippen molar-refractivity contribution in [2.75, 3.05) is 28.6 Å². The van der Waals surface area contributed by atoms with E-state index in [0.717, 1.165) is 18.8 Å². The average molecular weight is 500 g/mol. The smallest absolute Gasteiger partial charge is 0.262 e. The van der Waals surface area contributed by atoms with Crippen molar-refractivity contribution in [3.8, 4) is 0 Å². The third kappa shape index (κ3) is 5.21. The van der Waals surface area contributed by atoms with Crippen LogP contribution in [0, 0.1) is 0 Å². The molecule has 0 spiro atoms. The maximum absolute atomic E-state index is 12.8. The molecular weight excluding hydrogens is 470 g/mol. The molecule has 190 valence electrons. The maximum atomic E-state index is 12.8. The van der Waals surface area contributed by atoms with E-state index >= 15 is 0 Å².